The minimum Gasteiger partial charge on any atom is -0.289 e. The van der Waals surface area contributed by atoms with Gasteiger partial charge in [-0.2, -0.15) is 0 Å². The second kappa shape index (κ2) is 4.24. The minimum atomic E-state index is 0.0717. The number of benzene rings is 1. The lowest BCUT2D eigenvalue weighted by Crippen LogP contribution is -2.17. The highest BCUT2D eigenvalue weighted by Gasteiger charge is 2.19. The van der Waals surface area contributed by atoms with Crippen LogP contribution in [0.3, 0.4) is 0 Å². The van der Waals surface area contributed by atoms with E-state index in [1.54, 1.807) is 11.7 Å². The molecule has 0 fully saturated rings. The fourth-order valence-corrected chi connectivity index (χ4v) is 2.27. The highest BCUT2D eigenvalue weighted by Crippen LogP contribution is 2.25. The first-order valence-electron chi connectivity index (χ1n) is 5.85. The van der Waals surface area contributed by atoms with Gasteiger partial charge in [-0.25, -0.2) is 0 Å². The first kappa shape index (κ1) is 11.7. The van der Waals surface area contributed by atoms with Crippen LogP contribution in [0.25, 0.3) is 11.1 Å². The van der Waals surface area contributed by atoms with Crippen molar-refractivity contribution in [2.24, 2.45) is 14.1 Å². The molecule has 0 saturated heterocycles. The zero-order valence-corrected chi connectivity index (χ0v) is 10.8. The van der Waals surface area contributed by atoms with Gasteiger partial charge in [0.25, 0.3) is 5.56 Å². The molecule has 0 unspecified atom stereocenters. The third kappa shape index (κ3) is 1.82. The molecule has 1 aromatic heterocycles. The van der Waals surface area contributed by atoms with Crippen molar-refractivity contribution in [3.63, 3.8) is 0 Å². The van der Waals surface area contributed by atoms with Crippen molar-refractivity contribution in [2.75, 3.05) is 0 Å². The van der Waals surface area contributed by atoms with E-state index in [0.717, 1.165) is 16.8 Å². The summed E-state index contributed by atoms with van der Waals surface area (Å²) in [6.45, 7) is 4.22. The summed E-state index contributed by atoms with van der Waals surface area (Å²) in [4.78, 5) is 12.3. The van der Waals surface area contributed by atoms with Gasteiger partial charge in [-0.3, -0.25) is 14.2 Å². The second-order valence-corrected chi connectivity index (χ2v) is 4.63. The number of rotatable bonds is 2. The maximum Gasteiger partial charge on any atom is 0.274 e. The second-order valence-electron chi connectivity index (χ2n) is 4.63. The van der Waals surface area contributed by atoms with Gasteiger partial charge in [0.15, 0.2) is 0 Å². The molecule has 17 heavy (non-hydrogen) atoms. The molecule has 90 valence electrons. The average Bonchev–Trinajstić information content (AvgIpc) is 2.55. The Kier molecular flexibility index (Phi) is 2.92. The number of aromatic nitrogens is 2. The number of nitrogens with zero attached hydrogens (tertiary/aromatic N) is 2. The summed E-state index contributed by atoms with van der Waals surface area (Å²) in [6, 6.07) is 9.87. The summed E-state index contributed by atoms with van der Waals surface area (Å²) in [6.07, 6.45) is 0. The third-order valence-electron chi connectivity index (χ3n) is 3.17. The van der Waals surface area contributed by atoms with Crippen LogP contribution >= 0.6 is 0 Å². The molecule has 0 amide bonds. The van der Waals surface area contributed by atoms with E-state index in [-0.39, 0.29) is 5.56 Å². The van der Waals surface area contributed by atoms with Crippen LogP contribution in [0.1, 0.15) is 25.5 Å². The highest BCUT2D eigenvalue weighted by atomic mass is 16.1. The Bertz CT molecular complexity index is 576. The van der Waals surface area contributed by atoms with Crippen molar-refractivity contribution in [3.8, 4) is 11.1 Å². The molecule has 0 aliphatic rings. The maximum atomic E-state index is 12.3. The lowest BCUT2D eigenvalue weighted by molar-refractivity contribution is 0.543. The monoisotopic (exact) mass is 230 g/mol. The highest BCUT2D eigenvalue weighted by molar-refractivity contribution is 5.65. The van der Waals surface area contributed by atoms with Gasteiger partial charge in [-0.1, -0.05) is 44.2 Å². The van der Waals surface area contributed by atoms with Crippen molar-refractivity contribution in [1.29, 1.82) is 0 Å². The van der Waals surface area contributed by atoms with Crippen molar-refractivity contribution in [2.45, 2.75) is 19.8 Å². The molecule has 3 heteroatoms. The van der Waals surface area contributed by atoms with Gasteiger partial charge >= 0.3 is 0 Å². The van der Waals surface area contributed by atoms with Gasteiger partial charge in [0, 0.05) is 14.1 Å². The van der Waals surface area contributed by atoms with Gasteiger partial charge in [0.1, 0.15) is 0 Å². The molecule has 0 saturated carbocycles. The largest absolute Gasteiger partial charge is 0.289 e. The quantitative estimate of drug-likeness (QED) is 0.778. The SMILES string of the molecule is CC(C)c1c(-c2ccccc2)c(=O)n(C)n1C. The Hall–Kier alpha value is -1.77. The zero-order valence-electron chi connectivity index (χ0n) is 10.8. The molecule has 0 aliphatic heterocycles. The van der Waals surface area contributed by atoms with Gasteiger partial charge in [-0.15, -0.1) is 0 Å². The van der Waals surface area contributed by atoms with Crippen LogP contribution < -0.4 is 5.56 Å². The van der Waals surface area contributed by atoms with E-state index in [2.05, 4.69) is 13.8 Å². The lowest BCUT2D eigenvalue weighted by Gasteiger charge is -2.10. The van der Waals surface area contributed by atoms with Crippen molar-refractivity contribution in [3.05, 3.63) is 46.4 Å². The molecule has 0 spiro atoms. The Morgan fingerprint density at radius 2 is 1.59 bits per heavy atom. The van der Waals surface area contributed by atoms with Gasteiger partial charge in [-0.05, 0) is 11.5 Å². The molecule has 3 nitrogen and oxygen atoms in total. The average molecular weight is 230 g/mol. The summed E-state index contributed by atoms with van der Waals surface area (Å²) < 4.78 is 3.60. The van der Waals surface area contributed by atoms with Crippen molar-refractivity contribution >= 4 is 0 Å². The number of hydrogen-bond donors (Lipinski definition) is 0. The van der Waals surface area contributed by atoms with Crippen molar-refractivity contribution in [1.82, 2.24) is 9.36 Å². The Morgan fingerprint density at radius 3 is 2.12 bits per heavy atom. The molecule has 0 atom stereocenters. The fraction of sp³-hybridized carbons (Fsp3) is 0.357. The van der Waals surface area contributed by atoms with Crippen LogP contribution in [0.5, 0.6) is 0 Å². The summed E-state index contributed by atoms with van der Waals surface area (Å²) in [5.41, 5.74) is 2.98. The van der Waals surface area contributed by atoms with Crippen LogP contribution in [0, 0.1) is 0 Å². The summed E-state index contributed by atoms with van der Waals surface area (Å²) in [7, 11) is 3.74. The maximum absolute atomic E-state index is 12.3. The fourth-order valence-electron chi connectivity index (χ4n) is 2.27. The molecule has 0 bridgehead atoms. The summed E-state index contributed by atoms with van der Waals surface area (Å²) in [5, 5.41) is 0. The minimum absolute atomic E-state index is 0.0717. The van der Waals surface area contributed by atoms with Gasteiger partial charge < -0.3 is 0 Å². The molecule has 2 rings (SSSR count). The normalized spacial score (nSPS) is 11.1. The van der Waals surface area contributed by atoms with E-state index >= 15 is 0 Å². The third-order valence-corrected chi connectivity index (χ3v) is 3.17. The van der Waals surface area contributed by atoms with Crippen LogP contribution in [0.15, 0.2) is 35.1 Å². The van der Waals surface area contributed by atoms with E-state index in [1.165, 1.54) is 0 Å². The Balaban J connectivity index is 2.78. The first-order chi connectivity index (χ1) is 8.04. The van der Waals surface area contributed by atoms with E-state index < -0.39 is 0 Å². The van der Waals surface area contributed by atoms with Crippen LogP contribution in [0.2, 0.25) is 0 Å². The molecule has 1 heterocycles. The summed E-state index contributed by atoms with van der Waals surface area (Å²) in [5.74, 6) is 0.323. The molecule has 0 aliphatic carbocycles. The molecule has 1 aromatic carbocycles. The predicted molar refractivity (Wildman–Crippen MR) is 70.2 cm³/mol. The molecule has 0 radical (unpaired) electrons. The van der Waals surface area contributed by atoms with E-state index in [0.29, 0.717) is 5.92 Å². The topological polar surface area (TPSA) is 26.9 Å². The molecule has 2 aromatic rings. The molecular formula is C14H18N2O. The molecule has 0 N–H and O–H groups in total. The number of hydrogen-bond acceptors (Lipinski definition) is 1. The van der Waals surface area contributed by atoms with Crippen LogP contribution in [-0.2, 0) is 14.1 Å². The van der Waals surface area contributed by atoms with Gasteiger partial charge in [0.2, 0.25) is 0 Å². The van der Waals surface area contributed by atoms with E-state index in [9.17, 15) is 4.79 Å². The van der Waals surface area contributed by atoms with Gasteiger partial charge in [0.05, 0.1) is 11.3 Å². The van der Waals surface area contributed by atoms with Crippen LogP contribution in [-0.4, -0.2) is 9.36 Å². The smallest absolute Gasteiger partial charge is 0.274 e. The zero-order chi connectivity index (χ0) is 12.6. The van der Waals surface area contributed by atoms with Crippen molar-refractivity contribution < 1.29 is 0 Å². The Labute approximate surface area is 101 Å². The predicted octanol–water partition coefficient (Wildman–Crippen LogP) is 2.51. The van der Waals surface area contributed by atoms with Crippen LogP contribution in [0.4, 0.5) is 0 Å². The standard InChI is InChI=1S/C14H18N2O/c1-10(2)13-12(11-8-6-5-7-9-11)14(17)16(4)15(13)3/h5-10H,1-4H3. The first-order valence-corrected chi connectivity index (χ1v) is 5.85. The summed E-state index contributed by atoms with van der Waals surface area (Å²) >= 11 is 0. The lowest BCUT2D eigenvalue weighted by atomic mass is 10.00. The van der Waals surface area contributed by atoms with E-state index in [1.807, 2.05) is 42.1 Å². The molecular weight excluding hydrogens is 212 g/mol. The van der Waals surface area contributed by atoms with E-state index in [4.69, 9.17) is 0 Å². The Morgan fingerprint density at radius 1 is 1.00 bits per heavy atom.